The second-order valence-corrected chi connectivity index (χ2v) is 5.11. The number of methoxy groups -OCH3 is 2. The van der Waals surface area contributed by atoms with Crippen LogP contribution in [-0.2, 0) is 4.79 Å². The van der Waals surface area contributed by atoms with E-state index in [0.717, 1.165) is 25.7 Å². The van der Waals surface area contributed by atoms with Gasteiger partial charge in [0.1, 0.15) is 0 Å². The third-order valence-electron chi connectivity index (χ3n) is 3.75. The summed E-state index contributed by atoms with van der Waals surface area (Å²) in [5.74, 6) is -0.100. The maximum Gasteiger partial charge on any atom is 0.308 e. The summed E-state index contributed by atoms with van der Waals surface area (Å²) < 4.78 is 10.2. The van der Waals surface area contributed by atoms with Gasteiger partial charge in [0, 0.05) is 6.04 Å². The zero-order chi connectivity index (χ0) is 15.2. The highest BCUT2D eigenvalue weighted by Gasteiger charge is 2.30. The number of aliphatic carboxylic acids is 1. The van der Waals surface area contributed by atoms with Gasteiger partial charge in [-0.1, -0.05) is 19.3 Å². The van der Waals surface area contributed by atoms with Gasteiger partial charge in [-0.2, -0.15) is 9.97 Å². The smallest absolute Gasteiger partial charge is 0.308 e. The Balaban J connectivity index is 2.19. The van der Waals surface area contributed by atoms with Crippen LogP contribution in [0, 0.1) is 5.92 Å². The molecule has 0 aromatic carbocycles. The van der Waals surface area contributed by atoms with Crippen LogP contribution in [0.2, 0.25) is 0 Å². The predicted molar refractivity (Wildman–Crippen MR) is 76.8 cm³/mol. The predicted octanol–water partition coefficient (Wildman–Crippen LogP) is 1.94. The molecule has 2 atom stereocenters. The first-order valence-electron chi connectivity index (χ1n) is 7.10. The van der Waals surface area contributed by atoms with Gasteiger partial charge in [0.05, 0.1) is 26.2 Å². The van der Waals surface area contributed by atoms with Crippen LogP contribution in [0.25, 0.3) is 0 Å². The van der Waals surface area contributed by atoms with Gasteiger partial charge in [-0.25, -0.2) is 0 Å². The van der Waals surface area contributed by atoms with E-state index in [4.69, 9.17) is 9.47 Å². The topological polar surface area (TPSA) is 93.6 Å². The standard InChI is InChI=1S/C14H21N3O4/c1-20-11-8-12(21-2)17-14(16-11)15-10-7-5-3-4-6-9(10)13(18)19/h8-10H,3-7H2,1-2H3,(H,18,19)(H,15,16,17). The highest BCUT2D eigenvalue weighted by atomic mass is 16.5. The molecule has 0 saturated heterocycles. The second kappa shape index (κ2) is 7.10. The van der Waals surface area contributed by atoms with Gasteiger partial charge in [-0.15, -0.1) is 0 Å². The maximum absolute atomic E-state index is 11.4. The fraction of sp³-hybridized carbons (Fsp3) is 0.643. The van der Waals surface area contributed by atoms with Crippen LogP contribution in [0.1, 0.15) is 32.1 Å². The molecule has 116 valence electrons. The number of carboxylic acids is 1. The van der Waals surface area contributed by atoms with Gasteiger partial charge in [0.15, 0.2) is 0 Å². The Kier molecular flexibility index (Phi) is 5.19. The van der Waals surface area contributed by atoms with Crippen LogP contribution >= 0.6 is 0 Å². The van der Waals surface area contributed by atoms with Crippen molar-refractivity contribution < 1.29 is 19.4 Å². The maximum atomic E-state index is 11.4. The summed E-state index contributed by atoms with van der Waals surface area (Å²) >= 11 is 0. The van der Waals surface area contributed by atoms with E-state index in [0.29, 0.717) is 24.1 Å². The highest BCUT2D eigenvalue weighted by Crippen LogP contribution is 2.27. The molecule has 1 aromatic heterocycles. The molecule has 21 heavy (non-hydrogen) atoms. The van der Waals surface area contributed by atoms with Gasteiger partial charge in [-0.05, 0) is 12.8 Å². The Bertz CT molecular complexity index is 473. The minimum absolute atomic E-state index is 0.179. The lowest BCUT2D eigenvalue weighted by Gasteiger charge is -2.23. The molecule has 7 nitrogen and oxygen atoms in total. The number of nitrogens with one attached hydrogen (secondary N) is 1. The van der Waals surface area contributed by atoms with E-state index in [-0.39, 0.29) is 6.04 Å². The summed E-state index contributed by atoms with van der Waals surface area (Å²) in [5.41, 5.74) is 0. The van der Waals surface area contributed by atoms with Gasteiger partial charge in [-0.3, -0.25) is 4.79 Å². The van der Waals surface area contributed by atoms with Crippen LogP contribution < -0.4 is 14.8 Å². The monoisotopic (exact) mass is 295 g/mol. The van der Waals surface area contributed by atoms with E-state index < -0.39 is 11.9 Å². The van der Waals surface area contributed by atoms with E-state index in [1.807, 2.05) is 0 Å². The molecule has 0 radical (unpaired) electrons. The molecule has 1 heterocycles. The molecule has 2 unspecified atom stereocenters. The highest BCUT2D eigenvalue weighted by molar-refractivity contribution is 5.71. The number of anilines is 1. The number of hydrogen-bond acceptors (Lipinski definition) is 6. The average molecular weight is 295 g/mol. The third kappa shape index (κ3) is 3.96. The molecule has 0 spiro atoms. The van der Waals surface area contributed by atoms with Crippen molar-refractivity contribution >= 4 is 11.9 Å². The molecule has 1 aliphatic carbocycles. The SMILES string of the molecule is COc1cc(OC)nc(NC2CCCCCC2C(=O)O)n1. The number of carbonyl (C=O) groups is 1. The molecule has 2 rings (SSSR count). The van der Waals surface area contributed by atoms with Gasteiger partial charge in [0.25, 0.3) is 0 Å². The van der Waals surface area contributed by atoms with E-state index >= 15 is 0 Å². The van der Waals surface area contributed by atoms with Crippen molar-refractivity contribution in [2.24, 2.45) is 5.92 Å². The zero-order valence-corrected chi connectivity index (χ0v) is 12.3. The fourth-order valence-electron chi connectivity index (χ4n) is 2.62. The molecule has 0 amide bonds. The quantitative estimate of drug-likeness (QED) is 0.802. The Hall–Kier alpha value is -2.05. The number of carboxylic acid groups (broad SMARTS) is 1. The summed E-state index contributed by atoms with van der Waals surface area (Å²) in [6.45, 7) is 0. The van der Waals surface area contributed by atoms with Crippen molar-refractivity contribution in [2.45, 2.75) is 38.1 Å². The minimum atomic E-state index is -0.774. The van der Waals surface area contributed by atoms with Crippen LogP contribution in [-0.4, -0.2) is 41.3 Å². The lowest BCUT2D eigenvalue weighted by molar-refractivity contribution is -0.142. The number of rotatable bonds is 5. The van der Waals surface area contributed by atoms with Crippen LogP contribution in [0.4, 0.5) is 5.95 Å². The first kappa shape index (κ1) is 15.3. The van der Waals surface area contributed by atoms with Gasteiger partial charge in [0.2, 0.25) is 17.7 Å². The van der Waals surface area contributed by atoms with E-state index in [9.17, 15) is 9.90 Å². The van der Waals surface area contributed by atoms with Crippen LogP contribution in [0.5, 0.6) is 11.8 Å². The van der Waals surface area contributed by atoms with Crippen molar-refractivity contribution in [2.75, 3.05) is 19.5 Å². The Morgan fingerprint density at radius 1 is 1.19 bits per heavy atom. The van der Waals surface area contributed by atoms with Crippen LogP contribution in [0.3, 0.4) is 0 Å². The molecular weight excluding hydrogens is 274 g/mol. The summed E-state index contributed by atoms with van der Waals surface area (Å²) in [6, 6.07) is 1.40. The number of aromatic nitrogens is 2. The van der Waals surface area contributed by atoms with Crippen molar-refractivity contribution in [3.8, 4) is 11.8 Å². The first-order chi connectivity index (χ1) is 10.1. The molecule has 0 aliphatic heterocycles. The Morgan fingerprint density at radius 2 is 1.81 bits per heavy atom. The summed E-state index contributed by atoms with van der Waals surface area (Å²) in [5, 5.41) is 12.5. The molecule has 7 heteroatoms. The molecule has 2 N–H and O–H groups in total. The second-order valence-electron chi connectivity index (χ2n) is 5.11. The van der Waals surface area contributed by atoms with Crippen molar-refractivity contribution in [3.05, 3.63) is 6.07 Å². The summed E-state index contributed by atoms with van der Waals surface area (Å²) in [4.78, 5) is 19.8. The van der Waals surface area contributed by atoms with Crippen LogP contribution in [0.15, 0.2) is 6.07 Å². The summed E-state index contributed by atoms with van der Waals surface area (Å²) in [7, 11) is 3.02. The molecule has 1 fully saturated rings. The van der Waals surface area contributed by atoms with Crippen molar-refractivity contribution in [1.82, 2.24) is 9.97 Å². The zero-order valence-electron chi connectivity index (χ0n) is 12.3. The van der Waals surface area contributed by atoms with Crippen molar-refractivity contribution in [1.29, 1.82) is 0 Å². The van der Waals surface area contributed by atoms with Gasteiger partial charge < -0.3 is 19.9 Å². The molecular formula is C14H21N3O4. The normalized spacial score (nSPS) is 22.2. The third-order valence-corrected chi connectivity index (χ3v) is 3.75. The van der Waals surface area contributed by atoms with E-state index in [2.05, 4.69) is 15.3 Å². The molecule has 1 saturated carbocycles. The van der Waals surface area contributed by atoms with Gasteiger partial charge >= 0.3 is 5.97 Å². The minimum Gasteiger partial charge on any atom is -0.481 e. The Labute approximate surface area is 123 Å². The number of ether oxygens (including phenoxy) is 2. The Morgan fingerprint density at radius 3 is 2.38 bits per heavy atom. The lowest BCUT2D eigenvalue weighted by atomic mass is 9.95. The summed E-state index contributed by atoms with van der Waals surface area (Å²) in [6.07, 6.45) is 4.47. The molecule has 1 aliphatic rings. The first-order valence-corrected chi connectivity index (χ1v) is 7.10. The largest absolute Gasteiger partial charge is 0.481 e. The van der Waals surface area contributed by atoms with E-state index in [1.54, 1.807) is 6.07 Å². The molecule has 1 aromatic rings. The lowest BCUT2D eigenvalue weighted by Crippen LogP contribution is -2.34. The van der Waals surface area contributed by atoms with Crippen molar-refractivity contribution in [3.63, 3.8) is 0 Å². The number of hydrogen-bond donors (Lipinski definition) is 2. The van der Waals surface area contributed by atoms with E-state index in [1.165, 1.54) is 14.2 Å². The fourth-order valence-corrected chi connectivity index (χ4v) is 2.62. The number of nitrogens with zero attached hydrogens (tertiary/aromatic N) is 2. The average Bonchev–Trinajstić information content (AvgIpc) is 2.72. The molecule has 0 bridgehead atoms.